The fraction of sp³-hybridized carbons (Fsp3) is 0.667. The van der Waals surface area contributed by atoms with Crippen LogP contribution in [0.5, 0.6) is 0 Å². The molecule has 0 aromatic carbocycles. The minimum atomic E-state index is -0.238. The van der Waals surface area contributed by atoms with Gasteiger partial charge in [0, 0.05) is 6.92 Å². The van der Waals surface area contributed by atoms with Crippen molar-refractivity contribution < 1.29 is 9.53 Å². The molecule has 0 aliphatic rings. The lowest BCUT2D eigenvalue weighted by molar-refractivity contribution is -0.137. The van der Waals surface area contributed by atoms with E-state index in [1.807, 2.05) is 6.92 Å². The quantitative estimate of drug-likeness (QED) is 0.411. The molecule has 0 aromatic rings. The van der Waals surface area contributed by atoms with E-state index >= 15 is 0 Å². The Morgan fingerprint density at radius 1 is 1.75 bits per heavy atom. The van der Waals surface area contributed by atoms with E-state index in [1.54, 1.807) is 0 Å². The van der Waals surface area contributed by atoms with Gasteiger partial charge in [-0.25, -0.2) is 0 Å². The molecule has 0 spiro atoms. The molecule has 8 heavy (non-hydrogen) atoms. The molecular formula is C6H11O2. The van der Waals surface area contributed by atoms with Crippen molar-refractivity contribution in [2.75, 3.05) is 0 Å². The summed E-state index contributed by atoms with van der Waals surface area (Å²) in [6, 6.07) is 0. The Balaban J connectivity index is 2.82. The number of carbonyl (C=O) groups excluding carboxylic acids is 1. The third kappa shape index (κ3) is 5.47. The molecule has 2 nitrogen and oxygen atoms in total. The van der Waals surface area contributed by atoms with Crippen LogP contribution in [0.25, 0.3) is 0 Å². The van der Waals surface area contributed by atoms with E-state index in [9.17, 15) is 4.79 Å². The number of hydrogen-bond donors (Lipinski definition) is 0. The van der Waals surface area contributed by atoms with Crippen LogP contribution in [0.1, 0.15) is 26.7 Å². The predicted octanol–water partition coefficient (Wildman–Crippen LogP) is 1.51. The van der Waals surface area contributed by atoms with Crippen molar-refractivity contribution in [3.05, 3.63) is 6.61 Å². The van der Waals surface area contributed by atoms with E-state index in [0.29, 0.717) is 0 Å². The highest BCUT2D eigenvalue weighted by atomic mass is 16.5. The monoisotopic (exact) mass is 115 g/mol. The van der Waals surface area contributed by atoms with Gasteiger partial charge in [-0.1, -0.05) is 13.3 Å². The molecule has 1 radical (unpaired) electrons. The molecule has 0 rings (SSSR count). The first-order valence-electron chi connectivity index (χ1n) is 2.76. The van der Waals surface area contributed by atoms with Crippen molar-refractivity contribution >= 4 is 5.97 Å². The Morgan fingerprint density at radius 3 is 2.75 bits per heavy atom. The number of ether oxygens (including phenoxy) is 1. The zero-order chi connectivity index (χ0) is 6.41. The molecule has 0 atom stereocenters. The Kier molecular flexibility index (Phi) is 4.32. The van der Waals surface area contributed by atoms with E-state index in [4.69, 9.17) is 0 Å². The van der Waals surface area contributed by atoms with Gasteiger partial charge in [0.15, 0.2) is 0 Å². The molecule has 47 valence electrons. The van der Waals surface area contributed by atoms with E-state index < -0.39 is 0 Å². The summed E-state index contributed by atoms with van der Waals surface area (Å²) in [6.45, 7) is 4.95. The first-order chi connectivity index (χ1) is 3.77. The molecule has 0 saturated heterocycles. The Bertz CT molecular complexity index is 68.9. The maximum absolute atomic E-state index is 10.1. The van der Waals surface area contributed by atoms with Crippen LogP contribution in [-0.2, 0) is 9.53 Å². The molecule has 0 N–H and O–H groups in total. The number of rotatable bonds is 3. The van der Waals surface area contributed by atoms with Gasteiger partial charge >= 0.3 is 5.97 Å². The van der Waals surface area contributed by atoms with Crippen LogP contribution in [0.15, 0.2) is 0 Å². The van der Waals surface area contributed by atoms with Gasteiger partial charge in [-0.05, 0) is 6.42 Å². The van der Waals surface area contributed by atoms with Gasteiger partial charge in [-0.2, -0.15) is 0 Å². The summed E-state index contributed by atoms with van der Waals surface area (Å²) in [4.78, 5) is 10.1. The highest BCUT2D eigenvalue weighted by Crippen LogP contribution is 1.92. The van der Waals surface area contributed by atoms with Gasteiger partial charge in [0.2, 0.25) is 0 Å². The van der Waals surface area contributed by atoms with E-state index in [2.05, 4.69) is 4.74 Å². The van der Waals surface area contributed by atoms with Crippen LogP contribution in [0.4, 0.5) is 0 Å². The van der Waals surface area contributed by atoms with Crippen molar-refractivity contribution in [3.63, 3.8) is 0 Å². The van der Waals surface area contributed by atoms with Crippen LogP contribution >= 0.6 is 0 Å². The minimum absolute atomic E-state index is 0.238. The topological polar surface area (TPSA) is 26.3 Å². The molecule has 0 aliphatic heterocycles. The fourth-order valence-electron chi connectivity index (χ4n) is 0.294. The first-order valence-corrected chi connectivity index (χ1v) is 2.76. The number of unbranched alkanes of at least 4 members (excludes halogenated alkanes) is 1. The highest BCUT2D eigenvalue weighted by molar-refractivity contribution is 5.66. The van der Waals surface area contributed by atoms with Crippen molar-refractivity contribution in [2.45, 2.75) is 26.7 Å². The van der Waals surface area contributed by atoms with Crippen LogP contribution in [-0.4, -0.2) is 5.97 Å². The summed E-state index contributed by atoms with van der Waals surface area (Å²) in [6.07, 6.45) is 1.87. The van der Waals surface area contributed by atoms with E-state index in [1.165, 1.54) is 13.5 Å². The average Bonchev–Trinajstić information content (AvgIpc) is 1.66. The average molecular weight is 115 g/mol. The van der Waals surface area contributed by atoms with Gasteiger partial charge < -0.3 is 4.74 Å². The van der Waals surface area contributed by atoms with Crippen LogP contribution in [0.2, 0.25) is 0 Å². The minimum Gasteiger partial charge on any atom is -0.459 e. The predicted molar refractivity (Wildman–Crippen MR) is 31.0 cm³/mol. The van der Waals surface area contributed by atoms with Crippen molar-refractivity contribution in [1.82, 2.24) is 0 Å². The summed E-state index contributed by atoms with van der Waals surface area (Å²) < 4.78 is 4.52. The lowest BCUT2D eigenvalue weighted by atomic mass is 10.4. The molecule has 0 amide bonds. The van der Waals surface area contributed by atoms with Gasteiger partial charge in [0.25, 0.3) is 0 Å². The SMILES string of the molecule is CCC[CH]OC(C)=O. The maximum atomic E-state index is 10.1. The Hall–Kier alpha value is -0.530. The normalized spacial score (nSPS) is 8.75. The molecule has 0 fully saturated rings. The molecular weight excluding hydrogens is 104 g/mol. The van der Waals surface area contributed by atoms with Gasteiger partial charge in [0.1, 0.15) is 6.61 Å². The van der Waals surface area contributed by atoms with Gasteiger partial charge in [0.05, 0.1) is 0 Å². The Morgan fingerprint density at radius 2 is 2.38 bits per heavy atom. The maximum Gasteiger partial charge on any atom is 0.303 e. The zero-order valence-corrected chi connectivity index (χ0v) is 5.31. The lowest BCUT2D eigenvalue weighted by Gasteiger charge is -1.95. The largest absolute Gasteiger partial charge is 0.459 e. The molecule has 0 saturated carbocycles. The number of esters is 1. The third-order valence-electron chi connectivity index (χ3n) is 0.656. The van der Waals surface area contributed by atoms with Crippen LogP contribution in [0, 0.1) is 6.61 Å². The van der Waals surface area contributed by atoms with Crippen LogP contribution < -0.4 is 0 Å². The van der Waals surface area contributed by atoms with Crippen molar-refractivity contribution in [1.29, 1.82) is 0 Å². The third-order valence-corrected chi connectivity index (χ3v) is 0.656. The second kappa shape index (κ2) is 4.62. The number of carbonyl (C=O) groups is 1. The summed E-state index contributed by atoms with van der Waals surface area (Å²) in [7, 11) is 0. The van der Waals surface area contributed by atoms with Crippen LogP contribution in [0.3, 0.4) is 0 Å². The smallest absolute Gasteiger partial charge is 0.303 e. The summed E-state index contributed by atoms with van der Waals surface area (Å²) in [5.74, 6) is -0.238. The summed E-state index contributed by atoms with van der Waals surface area (Å²) in [5.41, 5.74) is 0. The van der Waals surface area contributed by atoms with Gasteiger partial charge in [-0.3, -0.25) is 4.79 Å². The molecule has 0 aromatic heterocycles. The summed E-state index contributed by atoms with van der Waals surface area (Å²) in [5, 5.41) is 0. The standard InChI is InChI=1S/C6H11O2/c1-3-4-5-8-6(2)7/h5H,3-4H2,1-2H3. The Labute approximate surface area is 49.8 Å². The molecule has 0 heterocycles. The second-order valence-electron chi connectivity index (χ2n) is 1.56. The second-order valence-corrected chi connectivity index (χ2v) is 1.56. The lowest BCUT2D eigenvalue weighted by Crippen LogP contribution is -1.93. The summed E-state index contributed by atoms with van der Waals surface area (Å²) >= 11 is 0. The molecule has 0 bridgehead atoms. The molecule has 2 heteroatoms. The van der Waals surface area contributed by atoms with Gasteiger partial charge in [-0.15, -0.1) is 0 Å². The highest BCUT2D eigenvalue weighted by Gasteiger charge is 1.89. The van der Waals surface area contributed by atoms with E-state index in [0.717, 1.165) is 12.8 Å². The van der Waals surface area contributed by atoms with Crippen molar-refractivity contribution in [3.8, 4) is 0 Å². The zero-order valence-electron chi connectivity index (χ0n) is 5.31. The van der Waals surface area contributed by atoms with Crippen molar-refractivity contribution in [2.24, 2.45) is 0 Å². The molecule has 0 aliphatic carbocycles. The fourth-order valence-corrected chi connectivity index (χ4v) is 0.294. The first kappa shape index (κ1) is 7.47. The van der Waals surface area contributed by atoms with E-state index in [-0.39, 0.29) is 5.97 Å². The number of hydrogen-bond acceptors (Lipinski definition) is 2. The molecule has 0 unspecified atom stereocenters.